The van der Waals surface area contributed by atoms with Gasteiger partial charge in [0.05, 0.1) is 27.7 Å². The van der Waals surface area contributed by atoms with Crippen LogP contribution in [-0.2, 0) is 32.7 Å². The molecule has 0 fully saturated rings. The van der Waals surface area contributed by atoms with Crippen LogP contribution in [0.5, 0.6) is 0 Å². The van der Waals surface area contributed by atoms with Crippen LogP contribution in [-0.4, -0.2) is 70.0 Å². The molecule has 9 nitrogen and oxygen atoms in total. The largest absolute Gasteiger partial charge is 0.756 e. The molecule has 80 heavy (non-hydrogen) atoms. The highest BCUT2D eigenvalue weighted by Crippen LogP contribution is 2.38. The molecule has 0 aromatic rings. The summed E-state index contributed by atoms with van der Waals surface area (Å²) in [5, 5.41) is 0. The van der Waals surface area contributed by atoms with Gasteiger partial charge in [0.1, 0.15) is 19.8 Å². The van der Waals surface area contributed by atoms with Crippen molar-refractivity contribution in [1.82, 2.24) is 0 Å². The molecule has 0 aliphatic carbocycles. The van der Waals surface area contributed by atoms with Crippen molar-refractivity contribution in [3.8, 4) is 0 Å². The average molecular weight is 1140 g/mol. The SMILES string of the molecule is CC/C=C\C/C=C\C/C=C\C/C=C\C/C=C\C/C=C\C/C=C\CCCCCCCCCCCCCC(=O)OC(COC(=O)CCCCCCCCCCCCCCCCCCCCCCCCC)COP(=O)([O-])OCC[N+](C)(C)C. The maximum Gasteiger partial charge on any atom is 0.306 e. The molecule has 0 aliphatic rings. The number of quaternary nitrogens is 1. The lowest BCUT2D eigenvalue weighted by Gasteiger charge is -2.28. The minimum Gasteiger partial charge on any atom is -0.756 e. The second-order valence-electron chi connectivity index (χ2n) is 23.5. The van der Waals surface area contributed by atoms with Gasteiger partial charge in [0.15, 0.2) is 6.10 Å². The second kappa shape index (κ2) is 60.8. The molecule has 2 atom stereocenters. The van der Waals surface area contributed by atoms with Crippen LogP contribution in [0.3, 0.4) is 0 Å². The molecule has 0 heterocycles. The van der Waals surface area contributed by atoms with Gasteiger partial charge in [0.2, 0.25) is 0 Å². The van der Waals surface area contributed by atoms with Gasteiger partial charge in [-0.1, -0.05) is 298 Å². The second-order valence-corrected chi connectivity index (χ2v) is 24.9. The first-order chi connectivity index (χ1) is 39.0. The van der Waals surface area contributed by atoms with Crippen molar-refractivity contribution in [1.29, 1.82) is 0 Å². The third-order valence-corrected chi connectivity index (χ3v) is 15.4. The Balaban J connectivity index is 4.09. The normalized spacial score (nSPS) is 13.7. The zero-order valence-electron chi connectivity index (χ0n) is 52.8. The van der Waals surface area contributed by atoms with E-state index >= 15 is 0 Å². The van der Waals surface area contributed by atoms with Gasteiger partial charge in [-0.2, -0.15) is 0 Å². The Morgan fingerprint density at radius 3 is 1.06 bits per heavy atom. The van der Waals surface area contributed by atoms with Gasteiger partial charge in [-0.3, -0.25) is 14.2 Å². The monoisotopic (exact) mass is 1140 g/mol. The smallest absolute Gasteiger partial charge is 0.306 e. The fourth-order valence-corrected chi connectivity index (χ4v) is 10.1. The molecule has 0 spiro atoms. The number of ether oxygens (including phenoxy) is 2. The molecule has 2 unspecified atom stereocenters. The Hall–Kier alpha value is -2.81. The number of allylic oxidation sites excluding steroid dienone is 14. The first-order valence-electron chi connectivity index (χ1n) is 33.3. The Morgan fingerprint density at radius 2 is 0.713 bits per heavy atom. The van der Waals surface area contributed by atoms with Crippen molar-refractivity contribution in [2.75, 3.05) is 47.5 Å². The van der Waals surface area contributed by atoms with Crippen LogP contribution < -0.4 is 4.89 Å². The van der Waals surface area contributed by atoms with E-state index in [-0.39, 0.29) is 32.0 Å². The highest BCUT2D eigenvalue weighted by Gasteiger charge is 2.22. The molecule has 464 valence electrons. The number of likely N-dealkylation sites (N-methyl/N-ethyl adjacent to an activating group) is 1. The third kappa shape index (κ3) is 64.4. The van der Waals surface area contributed by atoms with Crippen LogP contribution in [0.1, 0.15) is 296 Å². The Kier molecular flexibility index (Phi) is 58.6. The Bertz CT molecular complexity index is 1630. The van der Waals surface area contributed by atoms with E-state index in [0.717, 1.165) is 89.9 Å². The van der Waals surface area contributed by atoms with E-state index in [1.165, 1.54) is 173 Å². The van der Waals surface area contributed by atoms with Crippen LogP contribution >= 0.6 is 7.82 Å². The number of unbranched alkanes of at least 4 members (excludes halogenated alkanes) is 33. The van der Waals surface area contributed by atoms with Crippen LogP contribution in [0, 0.1) is 0 Å². The summed E-state index contributed by atoms with van der Waals surface area (Å²) in [6, 6.07) is 0. The van der Waals surface area contributed by atoms with Crippen molar-refractivity contribution < 1.29 is 42.1 Å². The van der Waals surface area contributed by atoms with Crippen molar-refractivity contribution in [3.63, 3.8) is 0 Å². The summed E-state index contributed by atoms with van der Waals surface area (Å²) in [6.07, 6.45) is 82.2. The number of phosphoric acid groups is 1. The molecule has 0 aromatic heterocycles. The van der Waals surface area contributed by atoms with Crippen LogP contribution in [0.2, 0.25) is 0 Å². The lowest BCUT2D eigenvalue weighted by molar-refractivity contribution is -0.870. The lowest BCUT2D eigenvalue weighted by Crippen LogP contribution is -2.37. The summed E-state index contributed by atoms with van der Waals surface area (Å²) in [5.74, 6) is -0.827. The first-order valence-corrected chi connectivity index (χ1v) is 34.8. The van der Waals surface area contributed by atoms with Gasteiger partial charge < -0.3 is 27.9 Å². The summed E-state index contributed by atoms with van der Waals surface area (Å²) in [6.45, 7) is 4.16. The van der Waals surface area contributed by atoms with Crippen molar-refractivity contribution in [2.24, 2.45) is 0 Å². The van der Waals surface area contributed by atoms with Gasteiger partial charge in [0, 0.05) is 12.8 Å². The number of hydrogen-bond donors (Lipinski definition) is 0. The molecule has 10 heteroatoms. The summed E-state index contributed by atoms with van der Waals surface area (Å²) >= 11 is 0. The van der Waals surface area contributed by atoms with E-state index in [0.29, 0.717) is 17.4 Å². The van der Waals surface area contributed by atoms with Gasteiger partial charge in [0.25, 0.3) is 7.82 Å². The molecule has 0 aromatic carbocycles. The van der Waals surface area contributed by atoms with Gasteiger partial charge in [-0.05, 0) is 70.6 Å². The summed E-state index contributed by atoms with van der Waals surface area (Å²) in [5.41, 5.74) is 0. The fourth-order valence-electron chi connectivity index (χ4n) is 9.35. The molecule has 0 saturated heterocycles. The zero-order chi connectivity index (χ0) is 58.4. The molecule has 0 radical (unpaired) electrons. The maximum atomic E-state index is 12.8. The number of esters is 2. The standard InChI is InChI=1S/C70H126NO8P/c1-6-8-10-12-14-16-18-20-22-24-26-28-30-31-32-33-34-35-36-37-38-39-41-43-45-47-49-51-53-55-57-59-61-63-70(73)79-68(67-78-80(74,75)77-65-64-71(3,4)5)66-76-69(72)62-60-58-56-54-52-50-48-46-44-42-40-29-27-25-23-21-19-17-15-13-11-9-7-2/h8,10,14,16,20,22,26,28,31-32,34-35,37-38,68H,6-7,9,11-13,15,17-19,21,23-25,27,29-30,33,36,39-67H2,1-5H3/b10-8-,16-14-,22-20-,28-26-,32-31-,35-34-,38-37-. The first kappa shape index (κ1) is 77.2. The molecule has 0 N–H and O–H groups in total. The average Bonchev–Trinajstić information content (AvgIpc) is 3.42. The van der Waals surface area contributed by atoms with E-state index in [1.807, 2.05) is 21.1 Å². The number of carbonyl (C=O) groups excluding carboxylic acids is 2. The van der Waals surface area contributed by atoms with Crippen molar-refractivity contribution >= 4 is 19.8 Å². The predicted octanol–water partition coefficient (Wildman–Crippen LogP) is 20.7. The molecule has 0 bridgehead atoms. The quantitative estimate of drug-likeness (QED) is 0.0195. The van der Waals surface area contributed by atoms with E-state index < -0.39 is 26.5 Å². The van der Waals surface area contributed by atoms with E-state index in [9.17, 15) is 19.0 Å². The molecular formula is C70H126NO8P. The zero-order valence-corrected chi connectivity index (χ0v) is 53.7. The number of phosphoric ester groups is 1. The molecule has 0 saturated carbocycles. The number of hydrogen-bond acceptors (Lipinski definition) is 8. The van der Waals surface area contributed by atoms with Crippen molar-refractivity contribution in [3.05, 3.63) is 85.1 Å². The van der Waals surface area contributed by atoms with Crippen LogP contribution in [0.4, 0.5) is 0 Å². The van der Waals surface area contributed by atoms with E-state index in [1.54, 1.807) is 0 Å². The highest BCUT2D eigenvalue weighted by atomic mass is 31.2. The van der Waals surface area contributed by atoms with Gasteiger partial charge >= 0.3 is 11.9 Å². The third-order valence-electron chi connectivity index (χ3n) is 14.4. The van der Waals surface area contributed by atoms with Crippen LogP contribution in [0.15, 0.2) is 85.1 Å². The molecule has 0 rings (SSSR count). The maximum absolute atomic E-state index is 12.8. The van der Waals surface area contributed by atoms with E-state index in [2.05, 4.69) is 98.9 Å². The summed E-state index contributed by atoms with van der Waals surface area (Å²) in [4.78, 5) is 38.0. The Morgan fingerprint density at radius 1 is 0.400 bits per heavy atom. The molecular weight excluding hydrogens is 1010 g/mol. The summed E-state index contributed by atoms with van der Waals surface area (Å²) in [7, 11) is 1.17. The van der Waals surface area contributed by atoms with Gasteiger partial charge in [-0.25, -0.2) is 0 Å². The summed E-state index contributed by atoms with van der Waals surface area (Å²) < 4.78 is 34.3. The van der Waals surface area contributed by atoms with Crippen molar-refractivity contribution in [2.45, 2.75) is 302 Å². The van der Waals surface area contributed by atoms with E-state index in [4.69, 9.17) is 18.5 Å². The number of rotatable bonds is 61. The lowest BCUT2D eigenvalue weighted by atomic mass is 10.0. The molecule has 0 aliphatic heterocycles. The minimum absolute atomic E-state index is 0.0327. The van der Waals surface area contributed by atoms with Gasteiger partial charge in [-0.15, -0.1) is 0 Å². The Labute approximate surface area is 494 Å². The minimum atomic E-state index is -4.64. The predicted molar refractivity (Wildman–Crippen MR) is 342 cm³/mol. The number of nitrogens with zero attached hydrogens (tertiary/aromatic N) is 1. The number of carbonyl (C=O) groups is 2. The topological polar surface area (TPSA) is 111 Å². The highest BCUT2D eigenvalue weighted by molar-refractivity contribution is 7.45. The molecule has 0 amide bonds. The van der Waals surface area contributed by atoms with Crippen LogP contribution in [0.25, 0.3) is 0 Å². The fraction of sp³-hybridized carbons (Fsp3) is 0.771.